The van der Waals surface area contributed by atoms with Gasteiger partial charge in [-0.25, -0.2) is 0 Å². The van der Waals surface area contributed by atoms with Crippen molar-refractivity contribution in [2.24, 2.45) is 5.92 Å². The molecule has 0 radical (unpaired) electrons. The molecule has 1 aromatic rings. The topological polar surface area (TPSA) is 20.3 Å². The van der Waals surface area contributed by atoms with Crippen LogP contribution in [0.15, 0.2) is 22.7 Å². The molecule has 0 bridgehead atoms. The summed E-state index contributed by atoms with van der Waals surface area (Å²) >= 11 is 3.55. The Morgan fingerprint density at radius 1 is 1.31 bits per heavy atom. The van der Waals surface area contributed by atoms with Crippen LogP contribution in [0.2, 0.25) is 0 Å². The third-order valence-corrected chi connectivity index (χ3v) is 4.44. The predicted octanol–water partition coefficient (Wildman–Crippen LogP) is 3.09. The van der Waals surface area contributed by atoms with Crippen molar-refractivity contribution >= 4 is 21.8 Å². The molecular formula is C13H14BrNO. The van der Waals surface area contributed by atoms with Gasteiger partial charge in [-0.3, -0.25) is 4.79 Å². The molecule has 1 aliphatic carbocycles. The molecule has 3 heteroatoms. The quantitative estimate of drug-likeness (QED) is 0.774. The minimum atomic E-state index is 0.313. The largest absolute Gasteiger partial charge is 0.334 e. The number of amides is 1. The molecule has 1 fully saturated rings. The monoisotopic (exact) mass is 279 g/mol. The van der Waals surface area contributed by atoms with Crippen LogP contribution in [0.1, 0.15) is 30.4 Å². The zero-order valence-corrected chi connectivity index (χ0v) is 10.7. The lowest BCUT2D eigenvalue weighted by atomic mass is 9.84. The van der Waals surface area contributed by atoms with Crippen molar-refractivity contribution in [1.29, 1.82) is 0 Å². The number of fused-ring (bicyclic) bond motifs is 1. The number of hydrogen-bond acceptors (Lipinski definition) is 1. The molecular weight excluding hydrogens is 266 g/mol. The smallest absolute Gasteiger partial charge is 0.226 e. The minimum absolute atomic E-state index is 0.313. The van der Waals surface area contributed by atoms with Gasteiger partial charge in [0.1, 0.15) is 0 Å². The molecule has 1 heterocycles. The summed E-state index contributed by atoms with van der Waals surface area (Å²) in [4.78, 5) is 14.1. The number of benzene rings is 1. The zero-order chi connectivity index (χ0) is 11.1. The van der Waals surface area contributed by atoms with E-state index < -0.39 is 0 Å². The first-order chi connectivity index (χ1) is 7.75. The second-order valence-corrected chi connectivity index (χ2v) is 5.55. The molecule has 1 aromatic carbocycles. The summed E-state index contributed by atoms with van der Waals surface area (Å²) in [5, 5.41) is 0. The molecule has 0 unspecified atom stereocenters. The lowest BCUT2D eigenvalue weighted by Gasteiger charge is -2.28. The Hall–Kier alpha value is -0.830. The Morgan fingerprint density at radius 3 is 2.75 bits per heavy atom. The molecule has 0 aromatic heterocycles. The maximum absolute atomic E-state index is 12.1. The minimum Gasteiger partial charge on any atom is -0.334 e. The van der Waals surface area contributed by atoms with E-state index in [1.807, 2.05) is 11.0 Å². The van der Waals surface area contributed by atoms with Gasteiger partial charge in [-0.15, -0.1) is 0 Å². The van der Waals surface area contributed by atoms with Gasteiger partial charge in [-0.1, -0.05) is 34.5 Å². The highest BCUT2D eigenvalue weighted by atomic mass is 79.9. The van der Waals surface area contributed by atoms with Crippen LogP contribution >= 0.6 is 15.9 Å². The maximum atomic E-state index is 12.1. The number of halogens is 1. The summed E-state index contributed by atoms with van der Waals surface area (Å²) in [5.41, 5.74) is 2.58. The van der Waals surface area contributed by atoms with Crippen molar-refractivity contribution in [1.82, 2.24) is 4.90 Å². The summed E-state index contributed by atoms with van der Waals surface area (Å²) in [7, 11) is 0. The molecule has 2 nitrogen and oxygen atoms in total. The third kappa shape index (κ3) is 1.58. The van der Waals surface area contributed by atoms with Gasteiger partial charge in [0.25, 0.3) is 0 Å². The van der Waals surface area contributed by atoms with Crippen LogP contribution in [-0.4, -0.2) is 10.8 Å². The molecule has 0 N–H and O–H groups in total. The Bertz CT molecular complexity index is 440. The van der Waals surface area contributed by atoms with Crippen LogP contribution in [-0.2, 0) is 17.9 Å². The summed E-state index contributed by atoms with van der Waals surface area (Å²) < 4.78 is 1.13. The lowest BCUT2D eigenvalue weighted by Crippen LogP contribution is -2.35. The van der Waals surface area contributed by atoms with Crippen LogP contribution in [0.25, 0.3) is 0 Å². The molecule has 3 rings (SSSR count). The van der Waals surface area contributed by atoms with E-state index in [0.29, 0.717) is 11.8 Å². The van der Waals surface area contributed by atoms with Crippen molar-refractivity contribution in [3.63, 3.8) is 0 Å². The van der Waals surface area contributed by atoms with E-state index in [2.05, 4.69) is 28.1 Å². The van der Waals surface area contributed by atoms with Crippen LogP contribution < -0.4 is 0 Å². The standard InChI is InChI=1S/C13H14BrNO/c14-12-6-2-5-10-7-15(8-11(10)12)13(16)9-3-1-4-9/h2,5-6,9H,1,3-4,7-8H2. The fourth-order valence-electron chi connectivity index (χ4n) is 2.45. The first-order valence-corrected chi connectivity index (χ1v) is 6.60. The summed E-state index contributed by atoms with van der Waals surface area (Å²) in [6, 6.07) is 6.21. The van der Waals surface area contributed by atoms with E-state index in [1.165, 1.54) is 17.5 Å². The van der Waals surface area contributed by atoms with Gasteiger partial charge in [0.05, 0.1) is 0 Å². The number of nitrogens with zero attached hydrogens (tertiary/aromatic N) is 1. The van der Waals surface area contributed by atoms with Crippen molar-refractivity contribution in [2.45, 2.75) is 32.4 Å². The van der Waals surface area contributed by atoms with Crippen molar-refractivity contribution < 1.29 is 4.79 Å². The van der Waals surface area contributed by atoms with E-state index >= 15 is 0 Å². The second kappa shape index (κ2) is 3.88. The van der Waals surface area contributed by atoms with Gasteiger partial charge in [0.2, 0.25) is 5.91 Å². The van der Waals surface area contributed by atoms with E-state index in [1.54, 1.807) is 0 Å². The predicted molar refractivity (Wildman–Crippen MR) is 65.7 cm³/mol. The van der Waals surface area contributed by atoms with E-state index in [4.69, 9.17) is 0 Å². The first kappa shape index (κ1) is 10.3. The fraction of sp³-hybridized carbons (Fsp3) is 0.462. The van der Waals surface area contributed by atoms with Crippen molar-refractivity contribution in [3.05, 3.63) is 33.8 Å². The van der Waals surface area contributed by atoms with E-state index in [9.17, 15) is 4.79 Å². The molecule has 0 spiro atoms. The number of carbonyl (C=O) groups is 1. The van der Waals surface area contributed by atoms with E-state index in [0.717, 1.165) is 30.4 Å². The molecule has 1 saturated carbocycles. The van der Waals surface area contributed by atoms with Gasteiger partial charge >= 0.3 is 0 Å². The number of carbonyl (C=O) groups excluding carboxylic acids is 1. The van der Waals surface area contributed by atoms with Crippen molar-refractivity contribution in [2.75, 3.05) is 0 Å². The SMILES string of the molecule is O=C(C1CCC1)N1Cc2cccc(Br)c2C1. The van der Waals surface area contributed by atoms with Crippen LogP contribution in [0.5, 0.6) is 0 Å². The molecule has 84 valence electrons. The average molecular weight is 280 g/mol. The highest BCUT2D eigenvalue weighted by molar-refractivity contribution is 9.10. The fourth-order valence-corrected chi connectivity index (χ4v) is 2.98. The number of hydrogen-bond donors (Lipinski definition) is 0. The van der Waals surface area contributed by atoms with Gasteiger partial charge in [0, 0.05) is 23.5 Å². The molecule has 1 aliphatic heterocycles. The maximum Gasteiger partial charge on any atom is 0.226 e. The van der Waals surface area contributed by atoms with E-state index in [-0.39, 0.29) is 0 Å². The molecule has 1 amide bonds. The highest BCUT2D eigenvalue weighted by Crippen LogP contribution is 2.34. The van der Waals surface area contributed by atoms with Gasteiger partial charge in [-0.2, -0.15) is 0 Å². The van der Waals surface area contributed by atoms with Gasteiger partial charge < -0.3 is 4.90 Å². The van der Waals surface area contributed by atoms with Crippen LogP contribution in [0, 0.1) is 5.92 Å². The lowest BCUT2D eigenvalue weighted by molar-refractivity contribution is -0.138. The average Bonchev–Trinajstić information content (AvgIpc) is 2.60. The molecule has 0 saturated heterocycles. The summed E-state index contributed by atoms with van der Waals surface area (Å²) in [5.74, 6) is 0.669. The van der Waals surface area contributed by atoms with Gasteiger partial charge in [0.15, 0.2) is 0 Å². The zero-order valence-electron chi connectivity index (χ0n) is 9.08. The molecule has 2 aliphatic rings. The molecule has 0 atom stereocenters. The van der Waals surface area contributed by atoms with Crippen LogP contribution in [0.3, 0.4) is 0 Å². The number of rotatable bonds is 1. The molecule has 16 heavy (non-hydrogen) atoms. The first-order valence-electron chi connectivity index (χ1n) is 5.81. The van der Waals surface area contributed by atoms with Crippen LogP contribution in [0.4, 0.5) is 0 Å². The Labute approximate surface area is 104 Å². The second-order valence-electron chi connectivity index (χ2n) is 4.70. The van der Waals surface area contributed by atoms with Gasteiger partial charge in [-0.05, 0) is 30.0 Å². The Kier molecular flexibility index (Phi) is 2.51. The highest BCUT2D eigenvalue weighted by Gasteiger charge is 2.32. The summed E-state index contributed by atoms with van der Waals surface area (Å²) in [6.07, 6.45) is 3.40. The van der Waals surface area contributed by atoms with Crippen molar-refractivity contribution in [3.8, 4) is 0 Å². The Balaban J connectivity index is 1.79. The Morgan fingerprint density at radius 2 is 2.12 bits per heavy atom. The third-order valence-electron chi connectivity index (χ3n) is 3.69. The summed E-state index contributed by atoms with van der Waals surface area (Å²) in [6.45, 7) is 1.58. The normalized spacial score (nSPS) is 19.4.